The highest BCUT2D eigenvalue weighted by Crippen LogP contribution is 2.23. The van der Waals surface area contributed by atoms with Crippen molar-refractivity contribution in [3.05, 3.63) is 29.0 Å². The summed E-state index contributed by atoms with van der Waals surface area (Å²) in [6.07, 6.45) is 2.21. The molecular weight excluding hydrogens is 239 g/mol. The van der Waals surface area contributed by atoms with Crippen molar-refractivity contribution in [1.82, 2.24) is 4.90 Å². The van der Waals surface area contributed by atoms with E-state index in [1.165, 1.54) is 6.07 Å². The van der Waals surface area contributed by atoms with Crippen LogP contribution in [0.3, 0.4) is 0 Å². The van der Waals surface area contributed by atoms with Crippen molar-refractivity contribution in [2.24, 2.45) is 0 Å². The van der Waals surface area contributed by atoms with E-state index in [0.29, 0.717) is 12.1 Å². The van der Waals surface area contributed by atoms with Crippen molar-refractivity contribution in [2.75, 3.05) is 18.9 Å². The minimum absolute atomic E-state index is 0.177. The Morgan fingerprint density at radius 2 is 2.24 bits per heavy atom. The van der Waals surface area contributed by atoms with Crippen molar-refractivity contribution < 1.29 is 4.39 Å². The second-order valence-electron chi connectivity index (χ2n) is 4.82. The van der Waals surface area contributed by atoms with Crippen LogP contribution in [0.5, 0.6) is 0 Å². The Hall–Kier alpha value is -0.800. The van der Waals surface area contributed by atoms with Crippen molar-refractivity contribution >= 4 is 17.3 Å². The van der Waals surface area contributed by atoms with Crippen LogP contribution < -0.4 is 5.32 Å². The fourth-order valence-electron chi connectivity index (χ4n) is 2.24. The van der Waals surface area contributed by atoms with Crippen LogP contribution in [0.15, 0.2) is 18.2 Å². The Labute approximate surface area is 107 Å². The minimum Gasteiger partial charge on any atom is -0.382 e. The zero-order valence-corrected chi connectivity index (χ0v) is 11.0. The van der Waals surface area contributed by atoms with Crippen LogP contribution in [-0.4, -0.2) is 30.6 Å². The van der Waals surface area contributed by atoms with Gasteiger partial charge in [-0.2, -0.15) is 0 Å². The van der Waals surface area contributed by atoms with Gasteiger partial charge in [0.2, 0.25) is 0 Å². The SMILES string of the molecule is CC1CC(Nc2ccc(F)c(Cl)c2)CCN1C. The number of piperidine rings is 1. The van der Waals surface area contributed by atoms with Gasteiger partial charge >= 0.3 is 0 Å². The van der Waals surface area contributed by atoms with Gasteiger partial charge in [-0.15, -0.1) is 0 Å². The zero-order valence-electron chi connectivity index (χ0n) is 10.2. The lowest BCUT2D eigenvalue weighted by molar-refractivity contribution is 0.190. The number of rotatable bonds is 2. The van der Waals surface area contributed by atoms with E-state index in [4.69, 9.17) is 11.6 Å². The van der Waals surface area contributed by atoms with Crippen molar-refractivity contribution in [1.29, 1.82) is 0 Å². The maximum Gasteiger partial charge on any atom is 0.141 e. The number of hydrogen-bond acceptors (Lipinski definition) is 2. The van der Waals surface area contributed by atoms with Gasteiger partial charge in [0.05, 0.1) is 5.02 Å². The molecule has 0 saturated carbocycles. The van der Waals surface area contributed by atoms with Gasteiger partial charge in [0, 0.05) is 24.3 Å². The summed E-state index contributed by atoms with van der Waals surface area (Å²) in [7, 11) is 2.15. The largest absolute Gasteiger partial charge is 0.382 e. The molecule has 2 unspecified atom stereocenters. The molecule has 0 spiro atoms. The van der Waals surface area contributed by atoms with Crippen molar-refractivity contribution in [3.63, 3.8) is 0 Å². The van der Waals surface area contributed by atoms with E-state index in [9.17, 15) is 4.39 Å². The first-order chi connectivity index (χ1) is 8.06. The second kappa shape index (κ2) is 5.23. The van der Waals surface area contributed by atoms with Crippen LogP contribution in [0.2, 0.25) is 5.02 Å². The molecular formula is C13H18ClFN2. The minimum atomic E-state index is -0.367. The third-order valence-corrected chi connectivity index (χ3v) is 3.79. The van der Waals surface area contributed by atoms with E-state index in [1.807, 2.05) is 0 Å². The van der Waals surface area contributed by atoms with Gasteiger partial charge in [-0.25, -0.2) is 4.39 Å². The van der Waals surface area contributed by atoms with Crippen LogP contribution in [0.4, 0.5) is 10.1 Å². The molecule has 1 aliphatic rings. The molecule has 2 atom stereocenters. The molecule has 17 heavy (non-hydrogen) atoms. The van der Waals surface area contributed by atoms with E-state index >= 15 is 0 Å². The van der Waals surface area contributed by atoms with Gasteiger partial charge in [0.1, 0.15) is 5.82 Å². The number of likely N-dealkylation sites (tertiary alicyclic amines) is 1. The number of nitrogens with zero attached hydrogens (tertiary/aromatic N) is 1. The van der Waals surface area contributed by atoms with Gasteiger partial charge in [-0.05, 0) is 45.0 Å². The van der Waals surface area contributed by atoms with Crippen LogP contribution in [-0.2, 0) is 0 Å². The summed E-state index contributed by atoms with van der Waals surface area (Å²) in [5, 5.41) is 3.60. The maximum absolute atomic E-state index is 13.0. The van der Waals surface area contributed by atoms with Gasteiger partial charge in [0.15, 0.2) is 0 Å². The third kappa shape index (κ3) is 3.11. The summed E-state index contributed by atoms with van der Waals surface area (Å²) in [5.74, 6) is -0.367. The Bertz CT molecular complexity index is 397. The van der Waals surface area contributed by atoms with Crippen molar-refractivity contribution in [3.8, 4) is 0 Å². The Balaban J connectivity index is 1.99. The summed E-state index contributed by atoms with van der Waals surface area (Å²) in [5.41, 5.74) is 0.901. The first-order valence-electron chi connectivity index (χ1n) is 5.98. The first-order valence-corrected chi connectivity index (χ1v) is 6.36. The number of benzene rings is 1. The molecule has 0 radical (unpaired) electrons. The number of hydrogen-bond donors (Lipinski definition) is 1. The van der Waals surface area contributed by atoms with Crippen LogP contribution in [0.25, 0.3) is 0 Å². The van der Waals surface area contributed by atoms with E-state index < -0.39 is 0 Å². The molecule has 0 aliphatic carbocycles. The molecule has 1 saturated heterocycles. The van der Waals surface area contributed by atoms with E-state index in [0.717, 1.165) is 25.1 Å². The molecule has 0 aromatic heterocycles. The normalized spacial score (nSPS) is 25.9. The molecule has 1 aromatic carbocycles. The van der Waals surface area contributed by atoms with E-state index in [2.05, 4.69) is 24.2 Å². The Morgan fingerprint density at radius 3 is 2.88 bits per heavy atom. The Morgan fingerprint density at radius 1 is 1.47 bits per heavy atom. The topological polar surface area (TPSA) is 15.3 Å². The quantitative estimate of drug-likeness (QED) is 0.873. The van der Waals surface area contributed by atoms with Gasteiger partial charge in [0.25, 0.3) is 0 Å². The monoisotopic (exact) mass is 256 g/mol. The van der Waals surface area contributed by atoms with Crippen LogP contribution in [0.1, 0.15) is 19.8 Å². The molecule has 2 nitrogen and oxygen atoms in total. The summed E-state index contributed by atoms with van der Waals surface area (Å²) in [4.78, 5) is 2.36. The predicted molar refractivity (Wildman–Crippen MR) is 70.1 cm³/mol. The average molecular weight is 257 g/mol. The molecule has 2 rings (SSSR count). The van der Waals surface area contributed by atoms with Gasteiger partial charge in [-0.3, -0.25) is 0 Å². The lowest BCUT2D eigenvalue weighted by atomic mass is 9.99. The smallest absolute Gasteiger partial charge is 0.141 e. The molecule has 1 N–H and O–H groups in total. The van der Waals surface area contributed by atoms with E-state index in [-0.39, 0.29) is 10.8 Å². The fourth-order valence-corrected chi connectivity index (χ4v) is 2.42. The number of nitrogens with one attached hydrogen (secondary N) is 1. The average Bonchev–Trinajstić information content (AvgIpc) is 2.29. The fraction of sp³-hybridized carbons (Fsp3) is 0.538. The number of halogens is 2. The highest BCUT2D eigenvalue weighted by Gasteiger charge is 2.22. The molecule has 0 bridgehead atoms. The number of anilines is 1. The summed E-state index contributed by atoms with van der Waals surface area (Å²) in [6.45, 7) is 3.32. The highest BCUT2D eigenvalue weighted by atomic mass is 35.5. The maximum atomic E-state index is 13.0. The Kier molecular flexibility index (Phi) is 3.89. The molecule has 1 aromatic rings. The van der Waals surface area contributed by atoms with E-state index in [1.54, 1.807) is 12.1 Å². The molecule has 94 valence electrons. The van der Waals surface area contributed by atoms with Gasteiger partial charge < -0.3 is 10.2 Å². The molecule has 1 fully saturated rings. The summed E-state index contributed by atoms with van der Waals surface area (Å²) in [6, 6.07) is 5.83. The molecule has 0 amide bonds. The van der Waals surface area contributed by atoms with Crippen LogP contribution >= 0.6 is 11.6 Å². The third-order valence-electron chi connectivity index (χ3n) is 3.50. The summed E-state index contributed by atoms with van der Waals surface area (Å²) >= 11 is 5.76. The van der Waals surface area contributed by atoms with Crippen LogP contribution in [0, 0.1) is 5.82 Å². The first kappa shape index (κ1) is 12.7. The predicted octanol–water partition coefficient (Wildman–Crippen LogP) is 3.37. The highest BCUT2D eigenvalue weighted by molar-refractivity contribution is 6.31. The molecule has 1 aliphatic heterocycles. The molecule has 4 heteroatoms. The zero-order chi connectivity index (χ0) is 12.4. The van der Waals surface area contributed by atoms with Crippen molar-refractivity contribution in [2.45, 2.75) is 31.8 Å². The molecule has 1 heterocycles. The standard InChI is InChI=1S/C13H18ClFN2/c1-9-7-11(5-6-17(9)2)16-10-3-4-13(15)12(14)8-10/h3-4,8-9,11,16H,5-7H2,1-2H3. The van der Waals surface area contributed by atoms with Gasteiger partial charge in [-0.1, -0.05) is 11.6 Å². The lowest BCUT2D eigenvalue weighted by Crippen LogP contribution is -2.42. The lowest BCUT2D eigenvalue weighted by Gasteiger charge is -2.35. The summed E-state index contributed by atoms with van der Waals surface area (Å²) < 4.78 is 13.0. The second-order valence-corrected chi connectivity index (χ2v) is 5.23.